The molecule has 1 aliphatic rings. The van der Waals surface area contributed by atoms with E-state index in [4.69, 9.17) is 15.2 Å². The Labute approximate surface area is 101 Å². The van der Waals surface area contributed by atoms with Crippen LogP contribution in [0.3, 0.4) is 0 Å². The Morgan fingerprint density at radius 1 is 1.47 bits per heavy atom. The van der Waals surface area contributed by atoms with Crippen molar-refractivity contribution >= 4 is 0 Å². The Balaban J connectivity index is 2.14. The molecule has 0 unspecified atom stereocenters. The second kappa shape index (κ2) is 5.47. The van der Waals surface area contributed by atoms with Crippen LogP contribution in [0, 0.1) is 5.82 Å². The van der Waals surface area contributed by atoms with E-state index in [1.54, 1.807) is 13.2 Å². The van der Waals surface area contributed by atoms with Gasteiger partial charge >= 0.3 is 0 Å². The van der Waals surface area contributed by atoms with E-state index in [9.17, 15) is 4.39 Å². The lowest BCUT2D eigenvalue weighted by Gasteiger charge is -2.16. The maximum atomic E-state index is 13.3. The van der Waals surface area contributed by atoms with Crippen molar-refractivity contribution in [2.24, 2.45) is 5.73 Å². The van der Waals surface area contributed by atoms with Gasteiger partial charge in [-0.3, -0.25) is 0 Å². The predicted molar refractivity (Wildman–Crippen MR) is 63.5 cm³/mol. The molecule has 0 amide bonds. The fraction of sp³-hybridized carbons (Fsp3) is 0.538. The van der Waals surface area contributed by atoms with E-state index in [2.05, 4.69) is 0 Å². The lowest BCUT2D eigenvalue weighted by molar-refractivity contribution is 0.0400. The van der Waals surface area contributed by atoms with Gasteiger partial charge in [0.2, 0.25) is 0 Å². The van der Waals surface area contributed by atoms with E-state index in [0.717, 1.165) is 24.8 Å². The van der Waals surface area contributed by atoms with Crippen LogP contribution in [0.5, 0.6) is 5.75 Å². The molecule has 1 aromatic rings. The first kappa shape index (κ1) is 12.3. The van der Waals surface area contributed by atoms with E-state index < -0.39 is 0 Å². The first-order chi connectivity index (χ1) is 8.24. The molecule has 2 atom stereocenters. The van der Waals surface area contributed by atoms with Crippen molar-refractivity contribution in [1.29, 1.82) is 0 Å². The lowest BCUT2D eigenvalue weighted by atomic mass is 10.0. The highest BCUT2D eigenvalue weighted by atomic mass is 19.1. The number of hydrogen-bond donors (Lipinski definition) is 1. The molecule has 0 bridgehead atoms. The largest absolute Gasteiger partial charge is 0.496 e. The SMILES string of the molecule is COc1ccc(F)cc1[C@@H]1CC[C@@H](CCN)O1. The Hall–Kier alpha value is -1.13. The third kappa shape index (κ3) is 2.76. The fourth-order valence-corrected chi connectivity index (χ4v) is 2.29. The molecule has 1 saturated heterocycles. The highest BCUT2D eigenvalue weighted by Crippen LogP contribution is 2.38. The van der Waals surface area contributed by atoms with Crippen LogP contribution in [-0.2, 0) is 4.74 Å². The van der Waals surface area contributed by atoms with Gasteiger partial charge in [0.05, 0.1) is 19.3 Å². The van der Waals surface area contributed by atoms with Crippen LogP contribution >= 0.6 is 0 Å². The zero-order chi connectivity index (χ0) is 12.3. The quantitative estimate of drug-likeness (QED) is 0.877. The standard InChI is InChI=1S/C13H18FNO2/c1-16-12-4-2-9(14)8-11(12)13-5-3-10(17-13)6-7-15/h2,4,8,10,13H,3,5-7,15H2,1H3/t10-,13-/m0/s1. The Bertz CT molecular complexity index is 384. The summed E-state index contributed by atoms with van der Waals surface area (Å²) < 4.78 is 24.3. The number of rotatable bonds is 4. The normalized spacial score (nSPS) is 23.9. The highest BCUT2D eigenvalue weighted by molar-refractivity contribution is 5.36. The molecule has 0 aromatic heterocycles. The zero-order valence-electron chi connectivity index (χ0n) is 9.99. The van der Waals surface area contributed by atoms with Gasteiger partial charge in [0, 0.05) is 5.56 Å². The third-order valence-electron chi connectivity index (χ3n) is 3.13. The van der Waals surface area contributed by atoms with Gasteiger partial charge in [-0.1, -0.05) is 0 Å². The van der Waals surface area contributed by atoms with Crippen LogP contribution in [-0.4, -0.2) is 19.8 Å². The van der Waals surface area contributed by atoms with Crippen LogP contribution in [0.15, 0.2) is 18.2 Å². The maximum Gasteiger partial charge on any atom is 0.124 e. The first-order valence-electron chi connectivity index (χ1n) is 5.93. The smallest absolute Gasteiger partial charge is 0.124 e. The Kier molecular flexibility index (Phi) is 3.97. The van der Waals surface area contributed by atoms with E-state index in [-0.39, 0.29) is 18.0 Å². The van der Waals surface area contributed by atoms with Gasteiger partial charge in [0.1, 0.15) is 11.6 Å². The molecule has 1 aromatic carbocycles. The van der Waals surface area contributed by atoms with E-state index in [1.807, 2.05) is 0 Å². The topological polar surface area (TPSA) is 44.5 Å². The molecule has 17 heavy (non-hydrogen) atoms. The molecule has 0 radical (unpaired) electrons. The number of ether oxygens (including phenoxy) is 2. The summed E-state index contributed by atoms with van der Waals surface area (Å²) in [5.74, 6) is 0.427. The summed E-state index contributed by atoms with van der Waals surface area (Å²) in [6, 6.07) is 4.53. The number of hydrogen-bond acceptors (Lipinski definition) is 3. The molecule has 4 heteroatoms. The van der Waals surface area contributed by atoms with Gasteiger partial charge in [-0.05, 0) is 44.0 Å². The van der Waals surface area contributed by atoms with Crippen LogP contribution in [0.25, 0.3) is 0 Å². The average Bonchev–Trinajstić information content (AvgIpc) is 2.78. The van der Waals surface area contributed by atoms with Crippen LogP contribution in [0.4, 0.5) is 4.39 Å². The fourth-order valence-electron chi connectivity index (χ4n) is 2.29. The van der Waals surface area contributed by atoms with Crippen LogP contribution in [0.1, 0.15) is 30.9 Å². The van der Waals surface area contributed by atoms with Gasteiger partial charge in [-0.25, -0.2) is 4.39 Å². The van der Waals surface area contributed by atoms with Crippen molar-refractivity contribution < 1.29 is 13.9 Å². The third-order valence-corrected chi connectivity index (χ3v) is 3.13. The molecular weight excluding hydrogens is 221 g/mol. The minimum atomic E-state index is -0.258. The summed E-state index contributed by atoms with van der Waals surface area (Å²) >= 11 is 0. The maximum absolute atomic E-state index is 13.3. The van der Waals surface area contributed by atoms with E-state index >= 15 is 0 Å². The summed E-state index contributed by atoms with van der Waals surface area (Å²) in [6.45, 7) is 0.623. The van der Waals surface area contributed by atoms with Crippen molar-refractivity contribution in [3.63, 3.8) is 0 Å². The van der Waals surface area contributed by atoms with E-state index in [0.29, 0.717) is 12.3 Å². The van der Waals surface area contributed by atoms with Crippen molar-refractivity contribution in [1.82, 2.24) is 0 Å². The van der Waals surface area contributed by atoms with Crippen molar-refractivity contribution in [3.05, 3.63) is 29.6 Å². The molecule has 1 aliphatic heterocycles. The number of benzene rings is 1. The Morgan fingerprint density at radius 3 is 3.00 bits per heavy atom. The Morgan fingerprint density at radius 2 is 2.29 bits per heavy atom. The van der Waals surface area contributed by atoms with Crippen molar-refractivity contribution in [2.45, 2.75) is 31.5 Å². The number of nitrogens with two attached hydrogens (primary N) is 1. The number of halogens is 1. The molecule has 94 valence electrons. The average molecular weight is 239 g/mol. The summed E-state index contributed by atoms with van der Waals surface area (Å²) in [4.78, 5) is 0. The molecule has 1 heterocycles. The summed E-state index contributed by atoms with van der Waals surface area (Å²) in [5.41, 5.74) is 6.31. The minimum absolute atomic E-state index is 0.0720. The van der Waals surface area contributed by atoms with Crippen LogP contribution < -0.4 is 10.5 Å². The second-order valence-electron chi connectivity index (χ2n) is 4.29. The molecule has 2 rings (SSSR count). The van der Waals surface area contributed by atoms with Crippen molar-refractivity contribution in [3.8, 4) is 5.75 Å². The number of methoxy groups -OCH3 is 1. The molecule has 1 fully saturated rings. The van der Waals surface area contributed by atoms with Gasteiger partial charge in [-0.15, -0.1) is 0 Å². The van der Waals surface area contributed by atoms with Gasteiger partial charge < -0.3 is 15.2 Å². The molecular formula is C13H18FNO2. The summed E-state index contributed by atoms with van der Waals surface area (Å²) in [6.07, 6.45) is 2.84. The van der Waals surface area contributed by atoms with E-state index in [1.165, 1.54) is 12.1 Å². The monoisotopic (exact) mass is 239 g/mol. The van der Waals surface area contributed by atoms with Crippen molar-refractivity contribution in [2.75, 3.05) is 13.7 Å². The molecule has 2 N–H and O–H groups in total. The summed E-state index contributed by atoms with van der Waals surface area (Å²) in [5, 5.41) is 0. The first-order valence-corrected chi connectivity index (χ1v) is 5.93. The second-order valence-corrected chi connectivity index (χ2v) is 4.29. The minimum Gasteiger partial charge on any atom is -0.496 e. The van der Waals surface area contributed by atoms with Gasteiger partial charge in [0.15, 0.2) is 0 Å². The lowest BCUT2D eigenvalue weighted by Crippen LogP contribution is -2.13. The molecule has 3 nitrogen and oxygen atoms in total. The highest BCUT2D eigenvalue weighted by Gasteiger charge is 2.28. The molecule has 0 spiro atoms. The van der Waals surface area contributed by atoms with Gasteiger partial charge in [0.25, 0.3) is 0 Å². The molecule has 0 saturated carbocycles. The zero-order valence-corrected chi connectivity index (χ0v) is 9.99. The summed E-state index contributed by atoms with van der Waals surface area (Å²) in [7, 11) is 1.59. The van der Waals surface area contributed by atoms with Gasteiger partial charge in [-0.2, -0.15) is 0 Å². The predicted octanol–water partition coefficient (Wildman–Crippen LogP) is 2.40. The molecule has 0 aliphatic carbocycles. The van der Waals surface area contributed by atoms with Crippen LogP contribution in [0.2, 0.25) is 0 Å².